The maximum absolute atomic E-state index is 9.54. The first-order valence-corrected chi connectivity index (χ1v) is 5.66. The molecule has 1 aliphatic rings. The van der Waals surface area contributed by atoms with E-state index < -0.39 is 0 Å². The number of pyridine rings is 1. The molecule has 2 atom stereocenters. The van der Waals surface area contributed by atoms with Crippen molar-refractivity contribution >= 4 is 0 Å². The fourth-order valence-corrected chi connectivity index (χ4v) is 2.31. The van der Waals surface area contributed by atoms with Gasteiger partial charge in [-0.3, -0.25) is 4.98 Å². The third-order valence-electron chi connectivity index (χ3n) is 3.15. The molecule has 3 nitrogen and oxygen atoms in total. The fraction of sp³-hybridized carbons (Fsp3) is 0.214. The molecule has 2 aromatic rings. The van der Waals surface area contributed by atoms with E-state index in [1.165, 1.54) is 0 Å². The Morgan fingerprint density at radius 3 is 2.82 bits per heavy atom. The molecule has 3 rings (SSSR count). The first-order chi connectivity index (χ1) is 8.40. The van der Waals surface area contributed by atoms with Crippen LogP contribution in [0.25, 0.3) is 0 Å². The van der Waals surface area contributed by atoms with Gasteiger partial charge >= 0.3 is 0 Å². The number of hydrogen-bond acceptors (Lipinski definition) is 3. The van der Waals surface area contributed by atoms with E-state index in [2.05, 4.69) is 4.98 Å². The largest absolute Gasteiger partial charge is 0.485 e. The molecule has 1 aromatic carbocycles. The van der Waals surface area contributed by atoms with Gasteiger partial charge in [-0.1, -0.05) is 24.3 Å². The molecule has 17 heavy (non-hydrogen) atoms. The Balaban J connectivity index is 2.00. The maximum atomic E-state index is 9.54. The number of rotatable bonds is 2. The third-order valence-corrected chi connectivity index (χ3v) is 3.15. The monoisotopic (exact) mass is 227 g/mol. The zero-order valence-electron chi connectivity index (χ0n) is 9.28. The average Bonchev–Trinajstić information content (AvgIpc) is 2.78. The summed E-state index contributed by atoms with van der Waals surface area (Å²) in [6, 6.07) is 11.7. The van der Waals surface area contributed by atoms with Crippen LogP contribution in [0.15, 0.2) is 48.8 Å². The Kier molecular flexibility index (Phi) is 2.53. The molecular weight excluding hydrogens is 214 g/mol. The number of ether oxygens (including phenoxy) is 1. The van der Waals surface area contributed by atoms with Crippen LogP contribution in [0.2, 0.25) is 0 Å². The van der Waals surface area contributed by atoms with Crippen molar-refractivity contribution in [1.29, 1.82) is 0 Å². The minimum Gasteiger partial charge on any atom is -0.485 e. The van der Waals surface area contributed by atoms with Crippen molar-refractivity contribution in [3.8, 4) is 5.75 Å². The quantitative estimate of drug-likeness (QED) is 0.856. The Bertz CT molecular complexity index is 513. The summed E-state index contributed by atoms with van der Waals surface area (Å²) in [6.45, 7) is 0.0799. The highest BCUT2D eigenvalue weighted by molar-refractivity contribution is 5.43. The molecule has 0 amide bonds. The number of nitrogens with zero attached hydrogens (tertiary/aromatic N) is 1. The summed E-state index contributed by atoms with van der Waals surface area (Å²) in [7, 11) is 0. The molecule has 1 aliphatic heterocycles. The van der Waals surface area contributed by atoms with E-state index in [0.29, 0.717) is 0 Å². The first-order valence-electron chi connectivity index (χ1n) is 5.66. The molecule has 0 fully saturated rings. The number of aromatic nitrogens is 1. The second-order valence-electron chi connectivity index (χ2n) is 4.15. The smallest absolute Gasteiger partial charge is 0.134 e. The molecule has 0 saturated carbocycles. The summed E-state index contributed by atoms with van der Waals surface area (Å²) in [6.07, 6.45) is 3.39. The van der Waals surface area contributed by atoms with Gasteiger partial charge in [0, 0.05) is 23.5 Å². The van der Waals surface area contributed by atoms with Crippen molar-refractivity contribution in [2.24, 2.45) is 0 Å². The molecule has 0 saturated heterocycles. The van der Waals surface area contributed by atoms with E-state index in [9.17, 15) is 5.11 Å². The number of hydrogen-bond donors (Lipinski definition) is 1. The maximum Gasteiger partial charge on any atom is 0.134 e. The van der Waals surface area contributed by atoms with Gasteiger partial charge in [0.25, 0.3) is 0 Å². The van der Waals surface area contributed by atoms with E-state index >= 15 is 0 Å². The van der Waals surface area contributed by atoms with Crippen molar-refractivity contribution in [3.05, 3.63) is 59.9 Å². The molecule has 0 radical (unpaired) electrons. The van der Waals surface area contributed by atoms with Gasteiger partial charge in [-0.2, -0.15) is 0 Å². The second-order valence-corrected chi connectivity index (χ2v) is 4.15. The van der Waals surface area contributed by atoms with Crippen LogP contribution in [0.1, 0.15) is 23.1 Å². The highest BCUT2D eigenvalue weighted by Gasteiger charge is 2.34. The van der Waals surface area contributed by atoms with Crippen molar-refractivity contribution in [2.75, 3.05) is 6.61 Å². The zero-order valence-corrected chi connectivity index (χ0v) is 9.28. The van der Waals surface area contributed by atoms with Gasteiger partial charge in [0.05, 0.1) is 12.5 Å². The summed E-state index contributed by atoms with van der Waals surface area (Å²) < 4.78 is 5.90. The summed E-state index contributed by atoms with van der Waals surface area (Å²) in [5.74, 6) is 0.857. The van der Waals surface area contributed by atoms with Crippen LogP contribution in [0.4, 0.5) is 0 Å². The van der Waals surface area contributed by atoms with Gasteiger partial charge in [-0.05, 0) is 12.1 Å². The molecule has 1 N–H and O–H groups in total. The summed E-state index contributed by atoms with van der Waals surface area (Å²) in [5.41, 5.74) is 2.08. The van der Waals surface area contributed by atoms with Gasteiger partial charge in [-0.25, -0.2) is 0 Å². The predicted octanol–water partition coefficient (Wildman–Crippen LogP) is 2.29. The predicted molar refractivity (Wildman–Crippen MR) is 63.9 cm³/mol. The normalized spacial score (nSPS) is 21.9. The Morgan fingerprint density at radius 2 is 2.06 bits per heavy atom. The lowest BCUT2D eigenvalue weighted by Gasteiger charge is -2.16. The first kappa shape index (κ1) is 10.3. The Morgan fingerprint density at radius 1 is 1.18 bits per heavy atom. The lowest BCUT2D eigenvalue weighted by Crippen LogP contribution is -2.13. The molecule has 0 bridgehead atoms. The van der Waals surface area contributed by atoms with Crippen LogP contribution in [0.3, 0.4) is 0 Å². The van der Waals surface area contributed by atoms with Crippen LogP contribution in [-0.2, 0) is 0 Å². The van der Waals surface area contributed by atoms with Crippen molar-refractivity contribution in [2.45, 2.75) is 12.0 Å². The van der Waals surface area contributed by atoms with Gasteiger partial charge in [0.15, 0.2) is 0 Å². The minimum absolute atomic E-state index is 0.00426. The van der Waals surface area contributed by atoms with Gasteiger partial charge in [-0.15, -0.1) is 0 Å². The number of aliphatic hydroxyl groups is 1. The minimum atomic E-state index is -0.133. The lowest BCUT2D eigenvalue weighted by atomic mass is 9.93. The van der Waals surface area contributed by atoms with E-state index in [-0.39, 0.29) is 18.6 Å². The van der Waals surface area contributed by atoms with Crippen molar-refractivity contribution in [1.82, 2.24) is 4.98 Å². The van der Waals surface area contributed by atoms with E-state index in [0.717, 1.165) is 16.9 Å². The molecule has 3 heteroatoms. The van der Waals surface area contributed by atoms with Crippen LogP contribution in [0, 0.1) is 0 Å². The summed E-state index contributed by atoms with van der Waals surface area (Å²) in [5, 5.41) is 9.54. The zero-order chi connectivity index (χ0) is 11.7. The number of benzene rings is 1. The van der Waals surface area contributed by atoms with Gasteiger partial charge in [0.2, 0.25) is 0 Å². The fourth-order valence-electron chi connectivity index (χ4n) is 2.31. The molecule has 0 spiro atoms. The van der Waals surface area contributed by atoms with E-state index in [1.807, 2.05) is 36.4 Å². The lowest BCUT2D eigenvalue weighted by molar-refractivity contribution is 0.160. The van der Waals surface area contributed by atoms with Crippen molar-refractivity contribution < 1.29 is 9.84 Å². The number of fused-ring (bicyclic) bond motifs is 1. The molecule has 0 aliphatic carbocycles. The molecule has 2 unspecified atom stereocenters. The van der Waals surface area contributed by atoms with Crippen LogP contribution < -0.4 is 4.74 Å². The van der Waals surface area contributed by atoms with E-state index in [1.54, 1.807) is 12.4 Å². The second kappa shape index (κ2) is 4.18. The molecular formula is C14H13NO2. The highest BCUT2D eigenvalue weighted by atomic mass is 16.5. The topological polar surface area (TPSA) is 42.4 Å². The third kappa shape index (κ3) is 1.68. The van der Waals surface area contributed by atoms with E-state index in [4.69, 9.17) is 4.74 Å². The average molecular weight is 227 g/mol. The Hall–Kier alpha value is -1.87. The molecule has 86 valence electrons. The summed E-state index contributed by atoms with van der Waals surface area (Å²) >= 11 is 0. The SMILES string of the molecule is OCC1c2ccccc2OC1c1cccnc1. The Labute approximate surface area is 99.7 Å². The van der Waals surface area contributed by atoms with Gasteiger partial charge < -0.3 is 9.84 Å². The molecule has 2 heterocycles. The van der Waals surface area contributed by atoms with Gasteiger partial charge in [0.1, 0.15) is 11.9 Å². The highest BCUT2D eigenvalue weighted by Crippen LogP contribution is 2.45. The van der Waals surface area contributed by atoms with Crippen LogP contribution in [-0.4, -0.2) is 16.7 Å². The van der Waals surface area contributed by atoms with Crippen molar-refractivity contribution in [3.63, 3.8) is 0 Å². The van der Waals surface area contributed by atoms with Crippen LogP contribution >= 0.6 is 0 Å². The number of para-hydroxylation sites is 1. The molecule has 1 aromatic heterocycles. The number of aliphatic hydroxyl groups excluding tert-OH is 1. The van der Waals surface area contributed by atoms with Crippen LogP contribution in [0.5, 0.6) is 5.75 Å². The standard InChI is InChI=1S/C14H13NO2/c16-9-12-11-5-1-2-6-13(11)17-14(12)10-4-3-7-15-8-10/h1-8,12,14,16H,9H2. The summed E-state index contributed by atoms with van der Waals surface area (Å²) in [4.78, 5) is 4.10.